The van der Waals surface area contributed by atoms with Crippen LogP contribution in [0.4, 0.5) is 0 Å². The molecule has 82 valence electrons. The van der Waals surface area contributed by atoms with Crippen LogP contribution in [0, 0.1) is 0 Å². The lowest BCUT2D eigenvalue weighted by Crippen LogP contribution is -2.19. The number of rotatable bonds is 4. The third kappa shape index (κ3) is 2.76. The highest BCUT2D eigenvalue weighted by Crippen LogP contribution is 2.10. The Kier molecular flexibility index (Phi) is 2.96. The highest BCUT2D eigenvalue weighted by molar-refractivity contribution is 5.68. The molecule has 0 bridgehead atoms. The maximum absolute atomic E-state index is 10.4. The summed E-state index contributed by atoms with van der Waals surface area (Å²) in [6, 6.07) is 0. The number of H-pyrrole nitrogens is 1. The van der Waals surface area contributed by atoms with Crippen molar-refractivity contribution in [2.75, 3.05) is 13.1 Å². The van der Waals surface area contributed by atoms with Gasteiger partial charge in [0.2, 0.25) is 0 Å². The topological polar surface area (TPSA) is 82.1 Å². The molecule has 2 N–H and O–H groups in total. The second-order valence-corrected chi connectivity index (χ2v) is 3.75. The van der Waals surface area contributed by atoms with E-state index in [1.165, 1.54) is 12.8 Å². The molecule has 2 rings (SSSR count). The van der Waals surface area contributed by atoms with Crippen molar-refractivity contribution in [3.05, 3.63) is 11.6 Å². The quantitative estimate of drug-likeness (QED) is 0.732. The SMILES string of the molecule is O=C(O)Cc1nc(CN2CCCC2)n[nH]1. The second-order valence-electron chi connectivity index (χ2n) is 3.75. The van der Waals surface area contributed by atoms with E-state index in [0.29, 0.717) is 11.6 Å². The van der Waals surface area contributed by atoms with Crippen LogP contribution in [-0.4, -0.2) is 44.2 Å². The molecule has 0 unspecified atom stereocenters. The summed E-state index contributed by atoms with van der Waals surface area (Å²) in [6.45, 7) is 2.89. The van der Waals surface area contributed by atoms with Gasteiger partial charge in [-0.1, -0.05) is 0 Å². The Morgan fingerprint density at radius 3 is 2.87 bits per heavy atom. The van der Waals surface area contributed by atoms with Crippen molar-refractivity contribution in [2.45, 2.75) is 25.8 Å². The summed E-state index contributed by atoms with van der Waals surface area (Å²) in [4.78, 5) is 16.8. The molecule has 15 heavy (non-hydrogen) atoms. The highest BCUT2D eigenvalue weighted by Gasteiger charge is 2.14. The number of aromatic amines is 1. The Hall–Kier alpha value is -1.43. The van der Waals surface area contributed by atoms with Crippen molar-refractivity contribution >= 4 is 5.97 Å². The molecule has 0 radical (unpaired) electrons. The van der Waals surface area contributed by atoms with Crippen molar-refractivity contribution in [2.24, 2.45) is 0 Å². The minimum atomic E-state index is -0.890. The molecule has 0 atom stereocenters. The van der Waals surface area contributed by atoms with E-state index in [1.54, 1.807) is 0 Å². The molecule has 6 nitrogen and oxygen atoms in total. The van der Waals surface area contributed by atoms with Crippen LogP contribution in [0.1, 0.15) is 24.5 Å². The van der Waals surface area contributed by atoms with Gasteiger partial charge in [-0.25, -0.2) is 4.98 Å². The van der Waals surface area contributed by atoms with E-state index in [4.69, 9.17) is 5.11 Å². The van der Waals surface area contributed by atoms with E-state index in [2.05, 4.69) is 20.1 Å². The summed E-state index contributed by atoms with van der Waals surface area (Å²) < 4.78 is 0. The molecular formula is C9H14N4O2. The smallest absolute Gasteiger partial charge is 0.311 e. The van der Waals surface area contributed by atoms with Gasteiger partial charge >= 0.3 is 5.97 Å². The number of hydrogen-bond donors (Lipinski definition) is 2. The zero-order chi connectivity index (χ0) is 10.7. The molecule has 0 amide bonds. The largest absolute Gasteiger partial charge is 0.481 e. The van der Waals surface area contributed by atoms with Crippen molar-refractivity contribution in [3.8, 4) is 0 Å². The monoisotopic (exact) mass is 210 g/mol. The molecule has 0 aliphatic carbocycles. The molecule has 1 aromatic heterocycles. The van der Waals surface area contributed by atoms with E-state index in [-0.39, 0.29) is 6.42 Å². The maximum atomic E-state index is 10.4. The molecule has 0 spiro atoms. The summed E-state index contributed by atoms with van der Waals surface area (Å²) in [5.74, 6) is 0.226. The minimum Gasteiger partial charge on any atom is -0.481 e. The van der Waals surface area contributed by atoms with Gasteiger partial charge in [0.15, 0.2) is 5.82 Å². The van der Waals surface area contributed by atoms with E-state index in [0.717, 1.165) is 19.6 Å². The van der Waals surface area contributed by atoms with Gasteiger partial charge in [-0.15, -0.1) is 0 Å². The fourth-order valence-corrected chi connectivity index (χ4v) is 1.77. The predicted octanol–water partition coefficient (Wildman–Crippen LogP) is 0.0276. The van der Waals surface area contributed by atoms with E-state index < -0.39 is 5.97 Å². The van der Waals surface area contributed by atoms with Crippen LogP contribution >= 0.6 is 0 Å². The van der Waals surface area contributed by atoms with Crippen LogP contribution in [0.2, 0.25) is 0 Å². The first-order valence-electron chi connectivity index (χ1n) is 5.08. The van der Waals surface area contributed by atoms with E-state index in [1.807, 2.05) is 0 Å². The lowest BCUT2D eigenvalue weighted by atomic mass is 10.4. The Balaban J connectivity index is 1.91. The van der Waals surface area contributed by atoms with Gasteiger partial charge < -0.3 is 5.11 Å². The van der Waals surface area contributed by atoms with Crippen molar-refractivity contribution in [3.63, 3.8) is 0 Å². The fraction of sp³-hybridized carbons (Fsp3) is 0.667. The van der Waals surface area contributed by atoms with Crippen LogP contribution in [0.3, 0.4) is 0 Å². The summed E-state index contributed by atoms with van der Waals surface area (Å²) in [6.07, 6.45) is 2.37. The molecule has 1 aliphatic rings. The Morgan fingerprint density at radius 2 is 2.20 bits per heavy atom. The highest BCUT2D eigenvalue weighted by atomic mass is 16.4. The van der Waals surface area contributed by atoms with Crippen molar-refractivity contribution < 1.29 is 9.90 Å². The molecule has 2 heterocycles. The maximum Gasteiger partial charge on any atom is 0.311 e. The average Bonchev–Trinajstić information content (AvgIpc) is 2.77. The third-order valence-corrected chi connectivity index (χ3v) is 2.46. The normalized spacial score (nSPS) is 17.1. The van der Waals surface area contributed by atoms with Crippen molar-refractivity contribution in [1.82, 2.24) is 20.1 Å². The number of nitrogens with zero attached hydrogens (tertiary/aromatic N) is 3. The number of aromatic nitrogens is 3. The summed E-state index contributed by atoms with van der Waals surface area (Å²) in [5.41, 5.74) is 0. The van der Waals surface area contributed by atoms with Crippen LogP contribution in [0.5, 0.6) is 0 Å². The standard InChI is InChI=1S/C9H14N4O2/c14-9(15)5-7-10-8(12-11-7)6-13-3-1-2-4-13/h1-6H2,(H,14,15)(H,10,11,12). The van der Waals surface area contributed by atoms with E-state index in [9.17, 15) is 4.79 Å². The lowest BCUT2D eigenvalue weighted by molar-refractivity contribution is -0.136. The molecule has 1 fully saturated rings. The molecule has 1 aliphatic heterocycles. The Morgan fingerprint density at radius 1 is 1.47 bits per heavy atom. The molecule has 6 heteroatoms. The second kappa shape index (κ2) is 4.39. The predicted molar refractivity (Wildman–Crippen MR) is 52.2 cm³/mol. The van der Waals surface area contributed by atoms with Gasteiger partial charge in [-0.3, -0.25) is 14.8 Å². The van der Waals surface area contributed by atoms with Crippen LogP contribution < -0.4 is 0 Å². The minimum absolute atomic E-state index is 0.0903. The van der Waals surface area contributed by atoms with Crippen LogP contribution in [0.25, 0.3) is 0 Å². The number of likely N-dealkylation sites (tertiary alicyclic amines) is 1. The first-order chi connectivity index (χ1) is 7.24. The van der Waals surface area contributed by atoms with Gasteiger partial charge in [0, 0.05) is 0 Å². The molecule has 0 saturated carbocycles. The Labute approximate surface area is 87.3 Å². The van der Waals surface area contributed by atoms with Gasteiger partial charge in [0.1, 0.15) is 12.2 Å². The zero-order valence-corrected chi connectivity index (χ0v) is 8.44. The van der Waals surface area contributed by atoms with Crippen LogP contribution in [-0.2, 0) is 17.8 Å². The molecule has 1 aromatic rings. The lowest BCUT2D eigenvalue weighted by Gasteiger charge is -2.10. The first kappa shape index (κ1) is 10.1. The summed E-state index contributed by atoms with van der Waals surface area (Å²) in [5, 5.41) is 15.2. The third-order valence-electron chi connectivity index (χ3n) is 2.46. The number of aliphatic carboxylic acids is 1. The number of nitrogens with one attached hydrogen (secondary N) is 1. The van der Waals surface area contributed by atoms with Crippen LogP contribution in [0.15, 0.2) is 0 Å². The van der Waals surface area contributed by atoms with Crippen molar-refractivity contribution in [1.29, 1.82) is 0 Å². The molecule has 1 saturated heterocycles. The first-order valence-corrected chi connectivity index (χ1v) is 5.08. The summed E-state index contributed by atoms with van der Waals surface area (Å²) >= 11 is 0. The average molecular weight is 210 g/mol. The number of carbonyl (C=O) groups is 1. The number of hydrogen-bond acceptors (Lipinski definition) is 4. The van der Waals surface area contributed by atoms with Gasteiger partial charge in [-0.05, 0) is 25.9 Å². The zero-order valence-electron chi connectivity index (χ0n) is 8.44. The van der Waals surface area contributed by atoms with E-state index >= 15 is 0 Å². The summed E-state index contributed by atoms with van der Waals surface area (Å²) in [7, 11) is 0. The van der Waals surface area contributed by atoms with Gasteiger partial charge in [0.05, 0.1) is 6.54 Å². The molecular weight excluding hydrogens is 196 g/mol. The Bertz CT molecular complexity index is 344. The number of carboxylic acid groups (broad SMARTS) is 1. The fourth-order valence-electron chi connectivity index (χ4n) is 1.77. The van der Waals surface area contributed by atoms with Gasteiger partial charge in [-0.2, -0.15) is 5.10 Å². The number of carboxylic acids is 1. The molecule has 0 aromatic carbocycles. The van der Waals surface area contributed by atoms with Gasteiger partial charge in [0.25, 0.3) is 0 Å².